The summed E-state index contributed by atoms with van der Waals surface area (Å²) in [4.78, 5) is 14.3. The van der Waals surface area contributed by atoms with Crippen LogP contribution in [-0.2, 0) is 4.79 Å². The average molecular weight is 292 g/mol. The van der Waals surface area contributed by atoms with Gasteiger partial charge in [-0.05, 0) is 11.8 Å². The van der Waals surface area contributed by atoms with E-state index in [4.69, 9.17) is 0 Å². The zero-order valence-electron chi connectivity index (χ0n) is 9.33. The topological polar surface area (TPSA) is 20.3 Å². The van der Waals surface area contributed by atoms with E-state index >= 15 is 0 Å². The third-order valence-electron chi connectivity index (χ3n) is 3.50. The smallest absolute Gasteiger partial charge is 0.226 e. The van der Waals surface area contributed by atoms with Crippen LogP contribution in [0.3, 0.4) is 0 Å². The van der Waals surface area contributed by atoms with E-state index in [1.54, 1.807) is 0 Å². The highest BCUT2D eigenvalue weighted by atomic mass is 79.9. The van der Waals surface area contributed by atoms with Crippen LogP contribution in [0.15, 0.2) is 0 Å². The van der Waals surface area contributed by atoms with Crippen LogP contribution in [0.1, 0.15) is 20.3 Å². The minimum atomic E-state index is 0.262. The number of halogens is 1. The van der Waals surface area contributed by atoms with Crippen LogP contribution in [0.5, 0.6) is 0 Å². The van der Waals surface area contributed by atoms with E-state index in [9.17, 15) is 4.79 Å². The molecule has 1 aliphatic heterocycles. The van der Waals surface area contributed by atoms with Gasteiger partial charge in [-0.2, -0.15) is 11.8 Å². The Kier molecular flexibility index (Phi) is 3.36. The van der Waals surface area contributed by atoms with Crippen LogP contribution < -0.4 is 0 Å². The molecule has 2 rings (SSSR count). The number of carbonyl (C=O) groups is 1. The molecule has 4 heteroatoms. The molecule has 0 spiro atoms. The Bertz CT molecular complexity index is 269. The van der Waals surface area contributed by atoms with E-state index in [0.717, 1.165) is 29.8 Å². The summed E-state index contributed by atoms with van der Waals surface area (Å²) in [6.45, 7) is 5.32. The summed E-state index contributed by atoms with van der Waals surface area (Å²) >= 11 is 5.47. The van der Waals surface area contributed by atoms with Gasteiger partial charge in [-0.3, -0.25) is 4.79 Å². The predicted molar refractivity (Wildman–Crippen MR) is 68.5 cm³/mol. The minimum absolute atomic E-state index is 0.262. The number of nitrogens with zero attached hydrogens (tertiary/aromatic N) is 1. The Morgan fingerprint density at radius 3 is 2.80 bits per heavy atom. The number of hydrogen-bond donors (Lipinski definition) is 0. The van der Waals surface area contributed by atoms with Crippen LogP contribution in [-0.4, -0.2) is 40.2 Å². The lowest BCUT2D eigenvalue weighted by atomic mass is 10.1. The molecule has 1 amide bonds. The van der Waals surface area contributed by atoms with Crippen LogP contribution in [0, 0.1) is 11.3 Å². The van der Waals surface area contributed by atoms with Gasteiger partial charge in [0, 0.05) is 29.3 Å². The monoisotopic (exact) mass is 291 g/mol. The summed E-state index contributed by atoms with van der Waals surface area (Å²) in [5, 5.41) is 0.916. The molecule has 0 bridgehead atoms. The molecule has 0 aromatic carbocycles. The fraction of sp³-hybridized carbons (Fsp3) is 0.909. The summed E-state index contributed by atoms with van der Waals surface area (Å²) in [5.74, 6) is 2.87. The fourth-order valence-electron chi connectivity index (χ4n) is 2.16. The summed E-state index contributed by atoms with van der Waals surface area (Å²) in [7, 11) is 0. The second-order valence-electron chi connectivity index (χ2n) is 5.16. The third-order valence-corrected chi connectivity index (χ3v) is 5.34. The quantitative estimate of drug-likeness (QED) is 0.728. The van der Waals surface area contributed by atoms with Gasteiger partial charge in [-0.1, -0.05) is 29.8 Å². The van der Waals surface area contributed by atoms with Gasteiger partial charge >= 0.3 is 0 Å². The number of amides is 1. The first kappa shape index (κ1) is 11.8. The van der Waals surface area contributed by atoms with Gasteiger partial charge in [0.2, 0.25) is 5.91 Å². The molecule has 1 heterocycles. The Morgan fingerprint density at radius 1 is 1.60 bits per heavy atom. The van der Waals surface area contributed by atoms with Crippen molar-refractivity contribution in [3.8, 4) is 0 Å². The number of alkyl halides is 1. The Morgan fingerprint density at radius 2 is 2.27 bits per heavy atom. The normalized spacial score (nSPS) is 33.9. The first-order valence-electron chi connectivity index (χ1n) is 5.50. The lowest BCUT2D eigenvalue weighted by Gasteiger charge is -2.35. The fourth-order valence-corrected chi connectivity index (χ4v) is 4.11. The minimum Gasteiger partial charge on any atom is -0.337 e. The van der Waals surface area contributed by atoms with Crippen LogP contribution in [0.2, 0.25) is 0 Å². The second kappa shape index (κ2) is 4.28. The second-order valence-corrected chi connectivity index (χ2v) is 6.96. The van der Waals surface area contributed by atoms with Crippen molar-refractivity contribution in [3.05, 3.63) is 0 Å². The zero-order valence-corrected chi connectivity index (χ0v) is 11.7. The maximum Gasteiger partial charge on any atom is 0.226 e. The first-order valence-corrected chi connectivity index (χ1v) is 7.78. The van der Waals surface area contributed by atoms with Crippen molar-refractivity contribution in [1.29, 1.82) is 0 Å². The van der Waals surface area contributed by atoms with Gasteiger partial charge in [-0.25, -0.2) is 0 Å². The highest BCUT2D eigenvalue weighted by Crippen LogP contribution is 2.52. The first-order chi connectivity index (χ1) is 7.06. The molecule has 0 aromatic heterocycles. The summed E-state index contributed by atoms with van der Waals surface area (Å²) in [5.41, 5.74) is 0.262. The average Bonchev–Trinajstić information content (AvgIpc) is 2.86. The van der Waals surface area contributed by atoms with Crippen LogP contribution in [0.4, 0.5) is 0 Å². The van der Waals surface area contributed by atoms with E-state index in [-0.39, 0.29) is 5.41 Å². The summed E-state index contributed by atoms with van der Waals surface area (Å²) < 4.78 is 0. The maximum atomic E-state index is 12.2. The van der Waals surface area contributed by atoms with Crippen molar-refractivity contribution in [3.63, 3.8) is 0 Å². The van der Waals surface area contributed by atoms with Crippen molar-refractivity contribution < 1.29 is 4.79 Å². The molecule has 86 valence electrons. The number of hydrogen-bond acceptors (Lipinski definition) is 2. The van der Waals surface area contributed by atoms with Crippen molar-refractivity contribution >= 4 is 33.6 Å². The van der Waals surface area contributed by atoms with Crippen LogP contribution >= 0.6 is 27.7 Å². The van der Waals surface area contributed by atoms with Crippen molar-refractivity contribution in [2.75, 3.05) is 23.4 Å². The van der Waals surface area contributed by atoms with Crippen LogP contribution in [0.25, 0.3) is 0 Å². The van der Waals surface area contributed by atoms with Gasteiger partial charge in [0.25, 0.3) is 0 Å². The van der Waals surface area contributed by atoms with E-state index in [2.05, 4.69) is 34.7 Å². The van der Waals surface area contributed by atoms with Gasteiger partial charge in [0.15, 0.2) is 0 Å². The third kappa shape index (κ3) is 2.36. The number of thioether (sulfide) groups is 1. The van der Waals surface area contributed by atoms with Gasteiger partial charge < -0.3 is 4.90 Å². The Labute approximate surface area is 104 Å². The predicted octanol–water partition coefficient (Wildman–Crippen LogP) is 2.37. The van der Waals surface area contributed by atoms with E-state index in [1.165, 1.54) is 0 Å². The molecule has 0 aromatic rings. The van der Waals surface area contributed by atoms with Crippen molar-refractivity contribution in [2.24, 2.45) is 11.3 Å². The highest BCUT2D eigenvalue weighted by Gasteiger charge is 2.52. The van der Waals surface area contributed by atoms with Gasteiger partial charge in [-0.15, -0.1) is 0 Å². The van der Waals surface area contributed by atoms with E-state index in [1.807, 2.05) is 11.8 Å². The molecule has 1 saturated heterocycles. The van der Waals surface area contributed by atoms with Gasteiger partial charge in [0.05, 0.1) is 6.04 Å². The molecule has 2 fully saturated rings. The molecule has 2 unspecified atom stereocenters. The zero-order chi connectivity index (χ0) is 11.1. The highest BCUT2D eigenvalue weighted by molar-refractivity contribution is 9.09. The molecule has 0 N–H and O–H groups in total. The molecular weight excluding hydrogens is 274 g/mol. The lowest BCUT2D eigenvalue weighted by Crippen LogP contribution is -2.48. The maximum absolute atomic E-state index is 12.2. The Balaban J connectivity index is 1.99. The molecule has 15 heavy (non-hydrogen) atoms. The number of carbonyl (C=O) groups excluding carboxylic acids is 1. The Hall–Kier alpha value is 0.300. The summed E-state index contributed by atoms with van der Waals surface area (Å²) in [6.07, 6.45) is 1.07. The molecule has 2 atom stereocenters. The standard InChI is InChI=1S/C11H18BrNOS/c1-11(2)5-9(11)10(14)13-3-4-15-7-8(13)6-12/h8-9H,3-7H2,1-2H3. The summed E-state index contributed by atoms with van der Waals surface area (Å²) in [6, 6.07) is 0.410. The lowest BCUT2D eigenvalue weighted by molar-refractivity contribution is -0.134. The molecule has 1 aliphatic carbocycles. The van der Waals surface area contributed by atoms with E-state index < -0.39 is 0 Å². The number of rotatable bonds is 2. The molecule has 0 radical (unpaired) electrons. The SMILES string of the molecule is CC1(C)CC1C(=O)N1CCSCC1CBr. The van der Waals surface area contributed by atoms with Gasteiger partial charge in [0.1, 0.15) is 0 Å². The van der Waals surface area contributed by atoms with Crippen molar-refractivity contribution in [1.82, 2.24) is 4.90 Å². The molecule has 1 saturated carbocycles. The molecule has 2 nitrogen and oxygen atoms in total. The van der Waals surface area contributed by atoms with E-state index in [0.29, 0.717) is 17.9 Å². The largest absolute Gasteiger partial charge is 0.337 e. The molecular formula is C11H18BrNOS. The van der Waals surface area contributed by atoms with Crippen molar-refractivity contribution in [2.45, 2.75) is 26.3 Å². The molecule has 2 aliphatic rings.